The molecule has 7 nitrogen and oxygen atoms in total. The van der Waals surface area contributed by atoms with Crippen molar-refractivity contribution >= 4 is 10.0 Å². The van der Waals surface area contributed by atoms with Crippen molar-refractivity contribution in [2.45, 2.75) is 37.4 Å². The number of aliphatic hydroxyl groups is 1. The fraction of sp³-hybridized carbons (Fsp3) is 0.727. The molecule has 1 unspecified atom stereocenters. The summed E-state index contributed by atoms with van der Waals surface area (Å²) < 4.78 is 27.2. The number of aromatic amines is 1. The van der Waals surface area contributed by atoms with Crippen LogP contribution in [0.1, 0.15) is 24.1 Å². The van der Waals surface area contributed by atoms with Gasteiger partial charge in [0.05, 0.1) is 6.61 Å². The van der Waals surface area contributed by atoms with Crippen LogP contribution in [0.2, 0.25) is 0 Å². The Labute approximate surface area is 113 Å². The van der Waals surface area contributed by atoms with Crippen molar-refractivity contribution in [3.8, 4) is 0 Å². The van der Waals surface area contributed by atoms with Gasteiger partial charge in [0.25, 0.3) is 10.0 Å². The summed E-state index contributed by atoms with van der Waals surface area (Å²) in [6, 6.07) is -0.104. The third kappa shape index (κ3) is 3.14. The Balaban J connectivity index is 2.18. The summed E-state index contributed by atoms with van der Waals surface area (Å²) in [5, 5.41) is 15.5. The summed E-state index contributed by atoms with van der Waals surface area (Å²) >= 11 is 0. The Kier molecular flexibility index (Phi) is 4.24. The van der Waals surface area contributed by atoms with Gasteiger partial charge >= 0.3 is 0 Å². The van der Waals surface area contributed by atoms with E-state index in [0.29, 0.717) is 17.8 Å². The van der Waals surface area contributed by atoms with Crippen molar-refractivity contribution in [1.82, 2.24) is 19.8 Å². The summed E-state index contributed by atoms with van der Waals surface area (Å²) in [4.78, 5) is 2.10. The second-order valence-corrected chi connectivity index (χ2v) is 6.64. The molecule has 3 N–H and O–H groups in total. The van der Waals surface area contributed by atoms with Crippen LogP contribution in [0.25, 0.3) is 0 Å². The minimum absolute atomic E-state index is 0.0965. The standard InChI is InChI=1S/C11H20N4O3S/c1-8-10(7-16)11(13-12-8)19(17,18)14-9-4-3-5-15(2)6-9/h9,14,16H,3-7H2,1-2H3,(H,12,13). The lowest BCUT2D eigenvalue weighted by molar-refractivity contribution is 0.242. The number of aliphatic hydroxyl groups excluding tert-OH is 1. The smallest absolute Gasteiger partial charge is 0.260 e. The zero-order valence-electron chi connectivity index (χ0n) is 11.2. The monoisotopic (exact) mass is 288 g/mol. The van der Waals surface area contributed by atoms with Crippen LogP contribution in [0.5, 0.6) is 0 Å². The number of nitrogens with zero attached hydrogens (tertiary/aromatic N) is 2. The number of aryl methyl sites for hydroxylation is 1. The van der Waals surface area contributed by atoms with Crippen LogP contribution in [0, 0.1) is 6.92 Å². The Hall–Kier alpha value is -0.960. The number of aromatic nitrogens is 2. The van der Waals surface area contributed by atoms with Gasteiger partial charge in [-0.3, -0.25) is 5.10 Å². The van der Waals surface area contributed by atoms with Gasteiger partial charge in [0.15, 0.2) is 5.03 Å². The molecule has 0 spiro atoms. The molecule has 19 heavy (non-hydrogen) atoms. The lowest BCUT2D eigenvalue weighted by Crippen LogP contribution is -2.46. The van der Waals surface area contributed by atoms with Gasteiger partial charge in [-0.2, -0.15) is 5.10 Å². The van der Waals surface area contributed by atoms with Crippen molar-refractivity contribution in [1.29, 1.82) is 0 Å². The average molecular weight is 288 g/mol. The molecule has 8 heteroatoms. The number of hydrogen-bond donors (Lipinski definition) is 3. The molecule has 1 aliphatic heterocycles. The van der Waals surface area contributed by atoms with E-state index in [2.05, 4.69) is 19.8 Å². The van der Waals surface area contributed by atoms with Crippen LogP contribution in [0.15, 0.2) is 5.03 Å². The number of likely N-dealkylation sites (N-methyl/N-ethyl adjacent to an activating group) is 1. The molecule has 1 aromatic rings. The molecule has 2 rings (SSSR count). The van der Waals surface area contributed by atoms with Crippen molar-refractivity contribution in [3.63, 3.8) is 0 Å². The van der Waals surface area contributed by atoms with Gasteiger partial charge in [-0.15, -0.1) is 0 Å². The largest absolute Gasteiger partial charge is 0.392 e. The molecular weight excluding hydrogens is 268 g/mol. The van der Waals surface area contributed by atoms with Gasteiger partial charge in [0.2, 0.25) is 0 Å². The molecule has 1 saturated heterocycles. The molecule has 0 aliphatic carbocycles. The van der Waals surface area contributed by atoms with Gasteiger partial charge < -0.3 is 10.0 Å². The zero-order valence-corrected chi connectivity index (χ0v) is 12.0. The van der Waals surface area contributed by atoms with Gasteiger partial charge in [-0.05, 0) is 33.4 Å². The predicted molar refractivity (Wildman–Crippen MR) is 70.1 cm³/mol. The maximum absolute atomic E-state index is 12.3. The summed E-state index contributed by atoms with van der Waals surface area (Å²) in [7, 11) is -1.71. The quantitative estimate of drug-likeness (QED) is 0.699. The van der Waals surface area contributed by atoms with E-state index in [-0.39, 0.29) is 17.7 Å². The van der Waals surface area contributed by atoms with Gasteiger partial charge in [-0.25, -0.2) is 13.1 Å². The first-order valence-electron chi connectivity index (χ1n) is 6.29. The number of piperidine rings is 1. The van der Waals surface area contributed by atoms with Gasteiger partial charge in [0.1, 0.15) is 0 Å². The molecule has 2 heterocycles. The molecular formula is C11H20N4O3S. The second-order valence-electron chi connectivity index (χ2n) is 5.01. The van der Waals surface area contributed by atoms with Crippen LogP contribution in [0.3, 0.4) is 0 Å². The highest BCUT2D eigenvalue weighted by atomic mass is 32.2. The maximum Gasteiger partial charge on any atom is 0.260 e. The Morgan fingerprint density at radius 3 is 2.95 bits per heavy atom. The fourth-order valence-electron chi connectivity index (χ4n) is 2.38. The molecule has 0 amide bonds. The van der Waals surface area contributed by atoms with E-state index < -0.39 is 10.0 Å². The van der Waals surface area contributed by atoms with E-state index >= 15 is 0 Å². The molecule has 1 atom stereocenters. The SMILES string of the molecule is Cc1[nH]nc(S(=O)(=O)NC2CCCN(C)C2)c1CO. The summed E-state index contributed by atoms with van der Waals surface area (Å²) in [6.07, 6.45) is 1.79. The van der Waals surface area contributed by atoms with Crippen LogP contribution >= 0.6 is 0 Å². The van der Waals surface area contributed by atoms with Gasteiger partial charge in [0, 0.05) is 23.8 Å². The Morgan fingerprint density at radius 1 is 1.58 bits per heavy atom. The van der Waals surface area contributed by atoms with E-state index in [1.54, 1.807) is 6.92 Å². The van der Waals surface area contributed by atoms with Crippen molar-refractivity contribution < 1.29 is 13.5 Å². The third-order valence-corrected chi connectivity index (χ3v) is 4.89. The molecule has 1 aliphatic rings. The number of hydrogen-bond acceptors (Lipinski definition) is 5. The van der Waals surface area contributed by atoms with Crippen molar-refractivity contribution in [2.75, 3.05) is 20.1 Å². The van der Waals surface area contributed by atoms with Crippen LogP contribution in [0.4, 0.5) is 0 Å². The van der Waals surface area contributed by atoms with E-state index in [0.717, 1.165) is 19.4 Å². The van der Waals surface area contributed by atoms with E-state index in [1.165, 1.54) is 0 Å². The summed E-state index contributed by atoms with van der Waals surface area (Å²) in [6.45, 7) is 3.02. The normalized spacial score (nSPS) is 21.7. The highest BCUT2D eigenvalue weighted by molar-refractivity contribution is 7.89. The number of H-pyrrole nitrogens is 1. The fourth-order valence-corrected chi connectivity index (χ4v) is 3.83. The zero-order chi connectivity index (χ0) is 14.0. The van der Waals surface area contributed by atoms with E-state index in [9.17, 15) is 13.5 Å². The maximum atomic E-state index is 12.3. The minimum Gasteiger partial charge on any atom is -0.392 e. The van der Waals surface area contributed by atoms with Gasteiger partial charge in [-0.1, -0.05) is 0 Å². The number of sulfonamides is 1. The van der Waals surface area contributed by atoms with Crippen LogP contribution < -0.4 is 4.72 Å². The molecule has 1 fully saturated rings. The molecule has 0 radical (unpaired) electrons. The third-order valence-electron chi connectivity index (χ3n) is 3.39. The number of nitrogens with one attached hydrogen (secondary N) is 2. The van der Waals surface area contributed by atoms with E-state index in [4.69, 9.17) is 0 Å². The number of rotatable bonds is 4. The first kappa shape index (κ1) is 14.4. The van der Waals surface area contributed by atoms with Crippen molar-refractivity contribution in [3.05, 3.63) is 11.3 Å². The lowest BCUT2D eigenvalue weighted by Gasteiger charge is -2.29. The van der Waals surface area contributed by atoms with Crippen molar-refractivity contribution in [2.24, 2.45) is 0 Å². The van der Waals surface area contributed by atoms with Crippen LogP contribution in [-0.2, 0) is 16.6 Å². The first-order valence-corrected chi connectivity index (χ1v) is 7.78. The average Bonchev–Trinajstić information content (AvgIpc) is 2.70. The lowest BCUT2D eigenvalue weighted by atomic mass is 10.1. The van der Waals surface area contributed by atoms with Crippen LogP contribution in [-0.4, -0.2) is 54.8 Å². The van der Waals surface area contributed by atoms with E-state index in [1.807, 2.05) is 7.05 Å². The Bertz CT molecular complexity index is 540. The topological polar surface area (TPSA) is 98.3 Å². The highest BCUT2D eigenvalue weighted by Crippen LogP contribution is 2.18. The highest BCUT2D eigenvalue weighted by Gasteiger charge is 2.28. The molecule has 0 saturated carbocycles. The molecule has 1 aromatic heterocycles. The molecule has 108 valence electrons. The second kappa shape index (κ2) is 5.58. The molecule has 0 aromatic carbocycles. The molecule has 0 bridgehead atoms. The number of likely N-dealkylation sites (tertiary alicyclic amines) is 1. The Morgan fingerprint density at radius 2 is 2.32 bits per heavy atom. The predicted octanol–water partition coefficient (Wildman–Crippen LogP) is -0.417. The minimum atomic E-state index is -3.68. The first-order chi connectivity index (χ1) is 8.94. The summed E-state index contributed by atoms with van der Waals surface area (Å²) in [5.74, 6) is 0. The summed E-state index contributed by atoms with van der Waals surface area (Å²) in [5.41, 5.74) is 0.903.